The fourth-order valence-corrected chi connectivity index (χ4v) is 2.51. The van der Waals surface area contributed by atoms with Crippen LogP contribution in [0.15, 0.2) is 23.2 Å². The van der Waals surface area contributed by atoms with Crippen molar-refractivity contribution in [3.05, 3.63) is 29.3 Å². The molecule has 0 saturated heterocycles. The molecule has 130 valence electrons. The summed E-state index contributed by atoms with van der Waals surface area (Å²) in [7, 11) is 3.52. The molecular weight excluding hydrogens is 288 g/mol. The van der Waals surface area contributed by atoms with Crippen molar-refractivity contribution in [2.24, 2.45) is 4.99 Å². The second kappa shape index (κ2) is 10.9. The average Bonchev–Trinajstić information content (AvgIpc) is 2.57. The summed E-state index contributed by atoms with van der Waals surface area (Å²) in [6.07, 6.45) is 0.904. The van der Waals surface area contributed by atoms with E-state index in [0.717, 1.165) is 50.9 Å². The molecule has 0 amide bonds. The second-order valence-corrected chi connectivity index (χ2v) is 5.52. The number of ether oxygens (including phenoxy) is 1. The van der Waals surface area contributed by atoms with E-state index in [1.807, 2.05) is 6.07 Å². The van der Waals surface area contributed by atoms with Gasteiger partial charge in [0.25, 0.3) is 0 Å². The molecule has 0 radical (unpaired) electrons. The van der Waals surface area contributed by atoms with Crippen LogP contribution in [-0.2, 0) is 6.42 Å². The van der Waals surface area contributed by atoms with Crippen molar-refractivity contribution in [2.45, 2.75) is 27.2 Å². The van der Waals surface area contributed by atoms with Crippen LogP contribution in [0.4, 0.5) is 0 Å². The lowest BCUT2D eigenvalue weighted by molar-refractivity contribution is 0.308. The molecule has 1 rings (SSSR count). The third-order valence-electron chi connectivity index (χ3n) is 3.96. The largest absolute Gasteiger partial charge is 0.496 e. The van der Waals surface area contributed by atoms with Gasteiger partial charge >= 0.3 is 0 Å². The smallest absolute Gasteiger partial charge is 0.191 e. The third kappa shape index (κ3) is 6.91. The van der Waals surface area contributed by atoms with E-state index in [2.05, 4.69) is 53.4 Å². The van der Waals surface area contributed by atoms with Gasteiger partial charge < -0.3 is 20.3 Å². The number of nitrogens with zero attached hydrogens (tertiary/aromatic N) is 2. The Morgan fingerprint density at radius 2 is 1.87 bits per heavy atom. The van der Waals surface area contributed by atoms with Gasteiger partial charge in [-0.3, -0.25) is 4.99 Å². The van der Waals surface area contributed by atoms with Gasteiger partial charge in [-0.25, -0.2) is 0 Å². The molecule has 23 heavy (non-hydrogen) atoms. The predicted octanol–water partition coefficient (Wildman–Crippen LogP) is 2.05. The molecule has 5 nitrogen and oxygen atoms in total. The molecule has 1 aromatic carbocycles. The number of hydrogen-bond donors (Lipinski definition) is 2. The average molecular weight is 320 g/mol. The van der Waals surface area contributed by atoms with Crippen molar-refractivity contribution in [2.75, 3.05) is 46.9 Å². The summed E-state index contributed by atoms with van der Waals surface area (Å²) >= 11 is 0. The minimum atomic E-state index is 0.824. The van der Waals surface area contributed by atoms with E-state index >= 15 is 0 Å². The van der Waals surface area contributed by atoms with Crippen LogP contribution in [0.5, 0.6) is 5.75 Å². The highest BCUT2D eigenvalue weighted by atomic mass is 16.5. The summed E-state index contributed by atoms with van der Waals surface area (Å²) in [5.41, 5.74) is 2.47. The first kappa shape index (κ1) is 19.3. The zero-order valence-corrected chi connectivity index (χ0v) is 15.3. The fraction of sp³-hybridized carbons (Fsp3) is 0.611. The second-order valence-electron chi connectivity index (χ2n) is 5.52. The van der Waals surface area contributed by atoms with Gasteiger partial charge in [0.05, 0.1) is 7.11 Å². The van der Waals surface area contributed by atoms with E-state index in [-0.39, 0.29) is 0 Å². The molecule has 1 aromatic rings. The number of nitrogens with one attached hydrogen (secondary N) is 2. The van der Waals surface area contributed by atoms with Crippen LogP contribution in [0.3, 0.4) is 0 Å². The molecule has 0 heterocycles. The maximum absolute atomic E-state index is 5.42. The van der Waals surface area contributed by atoms with E-state index in [4.69, 9.17) is 4.74 Å². The summed E-state index contributed by atoms with van der Waals surface area (Å²) in [6.45, 7) is 11.4. The Morgan fingerprint density at radius 1 is 1.17 bits per heavy atom. The fourth-order valence-electron chi connectivity index (χ4n) is 2.51. The van der Waals surface area contributed by atoms with E-state index < -0.39 is 0 Å². The molecule has 5 heteroatoms. The first-order valence-electron chi connectivity index (χ1n) is 8.44. The Bertz CT molecular complexity index is 484. The molecule has 0 atom stereocenters. The summed E-state index contributed by atoms with van der Waals surface area (Å²) in [6, 6.07) is 6.28. The number of aryl methyl sites for hydroxylation is 1. The number of aliphatic imine (C=N–C) groups is 1. The van der Waals surface area contributed by atoms with Crippen LogP contribution in [0.1, 0.15) is 25.0 Å². The SMILES string of the molecule is CCN(CC)CCNC(=NC)NCCc1cc(C)ccc1OC. The van der Waals surface area contributed by atoms with Gasteiger partial charge in [0, 0.05) is 26.7 Å². The lowest BCUT2D eigenvalue weighted by atomic mass is 10.1. The Morgan fingerprint density at radius 3 is 2.48 bits per heavy atom. The van der Waals surface area contributed by atoms with Crippen molar-refractivity contribution in [3.8, 4) is 5.75 Å². The maximum atomic E-state index is 5.42. The monoisotopic (exact) mass is 320 g/mol. The van der Waals surface area contributed by atoms with Crippen LogP contribution >= 0.6 is 0 Å². The van der Waals surface area contributed by atoms with Crippen LogP contribution < -0.4 is 15.4 Å². The van der Waals surface area contributed by atoms with Gasteiger partial charge in [-0.1, -0.05) is 31.5 Å². The Kier molecular flexibility index (Phi) is 9.14. The highest BCUT2D eigenvalue weighted by molar-refractivity contribution is 5.79. The van der Waals surface area contributed by atoms with E-state index in [9.17, 15) is 0 Å². The summed E-state index contributed by atoms with van der Waals surface area (Å²) < 4.78 is 5.42. The Labute approximate surface area is 141 Å². The number of rotatable bonds is 9. The first-order chi connectivity index (χ1) is 11.1. The van der Waals surface area contributed by atoms with Gasteiger partial charge in [-0.2, -0.15) is 0 Å². The summed E-state index contributed by atoms with van der Waals surface area (Å²) in [5.74, 6) is 1.80. The molecule has 0 aliphatic carbocycles. The van der Waals surface area contributed by atoms with Crippen molar-refractivity contribution < 1.29 is 4.74 Å². The van der Waals surface area contributed by atoms with Crippen LogP contribution in [0.2, 0.25) is 0 Å². The van der Waals surface area contributed by atoms with Gasteiger partial charge in [-0.05, 0) is 38.1 Å². The topological polar surface area (TPSA) is 48.9 Å². The van der Waals surface area contributed by atoms with E-state index in [1.54, 1.807) is 14.2 Å². The highest BCUT2D eigenvalue weighted by Gasteiger charge is 2.04. The maximum Gasteiger partial charge on any atom is 0.191 e. The molecule has 0 aliphatic heterocycles. The number of hydrogen-bond acceptors (Lipinski definition) is 3. The summed E-state index contributed by atoms with van der Waals surface area (Å²) in [4.78, 5) is 6.66. The van der Waals surface area contributed by atoms with Gasteiger partial charge in [0.15, 0.2) is 5.96 Å². The van der Waals surface area contributed by atoms with Crippen molar-refractivity contribution in [1.82, 2.24) is 15.5 Å². The Hall–Kier alpha value is -1.75. The lowest BCUT2D eigenvalue weighted by Gasteiger charge is -2.19. The molecule has 0 aliphatic rings. The molecule has 0 spiro atoms. The van der Waals surface area contributed by atoms with Crippen molar-refractivity contribution in [1.29, 1.82) is 0 Å². The third-order valence-corrected chi connectivity index (χ3v) is 3.96. The van der Waals surface area contributed by atoms with Crippen molar-refractivity contribution >= 4 is 5.96 Å². The quantitative estimate of drug-likeness (QED) is 0.540. The Balaban J connectivity index is 2.39. The highest BCUT2D eigenvalue weighted by Crippen LogP contribution is 2.19. The standard InChI is InChI=1S/C18H32N4O/c1-6-22(7-2)13-12-21-18(19-4)20-11-10-16-14-15(3)8-9-17(16)23-5/h8-9,14H,6-7,10-13H2,1-5H3,(H2,19,20,21). The predicted molar refractivity (Wildman–Crippen MR) is 98.6 cm³/mol. The molecule has 0 saturated carbocycles. The van der Waals surface area contributed by atoms with Crippen LogP contribution in [0.25, 0.3) is 0 Å². The van der Waals surface area contributed by atoms with Crippen molar-refractivity contribution in [3.63, 3.8) is 0 Å². The molecule has 0 unspecified atom stereocenters. The molecule has 0 bridgehead atoms. The number of guanidine groups is 1. The van der Waals surface area contributed by atoms with Gasteiger partial charge in [0.2, 0.25) is 0 Å². The molecule has 0 fully saturated rings. The number of likely N-dealkylation sites (N-methyl/N-ethyl adjacent to an activating group) is 1. The first-order valence-corrected chi connectivity index (χ1v) is 8.44. The molecule has 0 aromatic heterocycles. The minimum Gasteiger partial charge on any atom is -0.496 e. The normalized spacial score (nSPS) is 11.7. The number of benzene rings is 1. The van der Waals surface area contributed by atoms with Gasteiger partial charge in [0.1, 0.15) is 5.75 Å². The molecular formula is C18H32N4O. The van der Waals surface area contributed by atoms with E-state index in [1.165, 1.54) is 11.1 Å². The molecule has 2 N–H and O–H groups in total. The van der Waals surface area contributed by atoms with Gasteiger partial charge in [-0.15, -0.1) is 0 Å². The summed E-state index contributed by atoms with van der Waals surface area (Å²) in [5, 5.41) is 6.72. The lowest BCUT2D eigenvalue weighted by Crippen LogP contribution is -2.42. The minimum absolute atomic E-state index is 0.824. The van der Waals surface area contributed by atoms with E-state index in [0.29, 0.717) is 0 Å². The van der Waals surface area contributed by atoms with Crippen LogP contribution in [-0.4, -0.2) is 57.7 Å². The zero-order chi connectivity index (χ0) is 17.1. The number of methoxy groups -OCH3 is 1. The van der Waals surface area contributed by atoms with Crippen LogP contribution in [0, 0.1) is 6.92 Å². The zero-order valence-electron chi connectivity index (χ0n) is 15.3.